The monoisotopic (exact) mass is 352 g/mol. The molecule has 3 amide bonds. The Hall–Kier alpha value is -1.30. The molecule has 0 aliphatic carbocycles. The molecule has 2 fully saturated rings. The van der Waals surface area contributed by atoms with Crippen LogP contribution >= 0.6 is 0 Å². The van der Waals surface area contributed by atoms with Crippen molar-refractivity contribution in [3.63, 3.8) is 0 Å². The normalized spacial score (nSPS) is 23.9. The lowest BCUT2D eigenvalue weighted by Crippen LogP contribution is -2.62. The summed E-state index contributed by atoms with van der Waals surface area (Å²) in [7, 11) is 0. The van der Waals surface area contributed by atoms with E-state index >= 15 is 0 Å². The summed E-state index contributed by atoms with van der Waals surface area (Å²) in [6, 6.07) is 0.0472. The third-order valence-electron chi connectivity index (χ3n) is 5.02. The van der Waals surface area contributed by atoms with Crippen LogP contribution in [0.4, 0.5) is 4.79 Å². The zero-order valence-electron chi connectivity index (χ0n) is 17.0. The fourth-order valence-electron chi connectivity index (χ4n) is 4.08. The largest absolute Gasteiger partial charge is 0.333 e. The molecule has 0 radical (unpaired) electrons. The first-order chi connectivity index (χ1) is 11.4. The first-order valence-electron chi connectivity index (χ1n) is 9.63. The van der Waals surface area contributed by atoms with E-state index in [9.17, 15) is 9.59 Å². The molecule has 144 valence electrons. The van der Waals surface area contributed by atoms with Crippen LogP contribution in [0.5, 0.6) is 0 Å². The molecule has 6 nitrogen and oxygen atoms in total. The van der Waals surface area contributed by atoms with Crippen molar-refractivity contribution >= 4 is 11.9 Å². The Morgan fingerprint density at radius 3 is 2.24 bits per heavy atom. The van der Waals surface area contributed by atoms with Crippen molar-refractivity contribution in [2.24, 2.45) is 5.92 Å². The van der Waals surface area contributed by atoms with Gasteiger partial charge in [0.15, 0.2) is 0 Å². The topological polar surface area (TPSA) is 64.7 Å². The summed E-state index contributed by atoms with van der Waals surface area (Å²) in [5.74, 6) is 0.694. The van der Waals surface area contributed by atoms with Crippen molar-refractivity contribution in [2.45, 2.75) is 91.0 Å². The van der Waals surface area contributed by atoms with Crippen LogP contribution in [0.1, 0.15) is 67.7 Å². The van der Waals surface area contributed by atoms with Gasteiger partial charge in [-0.05, 0) is 47.0 Å². The minimum absolute atomic E-state index is 0.0125. The number of hydrogen-bond donors (Lipinski definition) is 2. The lowest BCUT2D eigenvalue weighted by atomic mass is 9.94. The Balaban J connectivity index is 2.09. The first-order valence-corrected chi connectivity index (χ1v) is 9.63. The summed E-state index contributed by atoms with van der Waals surface area (Å²) in [4.78, 5) is 29.3. The number of hydrogen-bond acceptors (Lipinski definition) is 3. The predicted molar refractivity (Wildman–Crippen MR) is 100 cm³/mol. The Labute approximate surface area is 152 Å². The summed E-state index contributed by atoms with van der Waals surface area (Å²) in [6.07, 6.45) is 2.42. The summed E-state index contributed by atoms with van der Waals surface area (Å²) < 4.78 is 0. The highest BCUT2D eigenvalue weighted by Crippen LogP contribution is 2.35. The van der Waals surface area contributed by atoms with E-state index in [-0.39, 0.29) is 35.2 Å². The molecule has 0 bridgehead atoms. The number of carbonyl (C=O) groups excluding carboxylic acids is 2. The average molecular weight is 353 g/mol. The third kappa shape index (κ3) is 4.46. The summed E-state index contributed by atoms with van der Waals surface area (Å²) >= 11 is 0. The zero-order valence-corrected chi connectivity index (χ0v) is 17.0. The van der Waals surface area contributed by atoms with Gasteiger partial charge in [-0.1, -0.05) is 13.8 Å². The second-order valence-corrected chi connectivity index (χ2v) is 9.33. The van der Waals surface area contributed by atoms with Crippen molar-refractivity contribution in [3.05, 3.63) is 0 Å². The molecule has 1 spiro atoms. The fraction of sp³-hybridized carbons (Fsp3) is 0.895. The quantitative estimate of drug-likeness (QED) is 0.820. The van der Waals surface area contributed by atoms with Gasteiger partial charge >= 0.3 is 6.03 Å². The number of urea groups is 1. The molecule has 0 aromatic heterocycles. The van der Waals surface area contributed by atoms with E-state index in [4.69, 9.17) is 0 Å². The highest BCUT2D eigenvalue weighted by Gasteiger charge is 2.52. The van der Waals surface area contributed by atoms with Crippen molar-refractivity contribution in [3.8, 4) is 0 Å². The maximum absolute atomic E-state index is 12.9. The molecular weight excluding hydrogens is 316 g/mol. The van der Waals surface area contributed by atoms with Crippen LogP contribution < -0.4 is 10.6 Å². The van der Waals surface area contributed by atoms with E-state index < -0.39 is 0 Å². The maximum atomic E-state index is 12.9. The zero-order chi connectivity index (χ0) is 19.0. The molecule has 0 aromatic carbocycles. The Morgan fingerprint density at radius 2 is 1.80 bits per heavy atom. The summed E-state index contributed by atoms with van der Waals surface area (Å²) in [5.41, 5.74) is -0.538. The van der Waals surface area contributed by atoms with E-state index in [1.54, 1.807) is 0 Å². The Kier molecular flexibility index (Phi) is 5.71. The molecule has 2 aliphatic rings. The minimum atomic E-state index is -0.302. The van der Waals surface area contributed by atoms with Crippen molar-refractivity contribution < 1.29 is 9.59 Å². The van der Waals surface area contributed by atoms with Crippen LogP contribution in [0.15, 0.2) is 0 Å². The molecule has 0 unspecified atom stereocenters. The van der Waals surface area contributed by atoms with Gasteiger partial charge in [0.05, 0.1) is 11.7 Å². The molecule has 6 heteroatoms. The van der Waals surface area contributed by atoms with E-state index in [2.05, 4.69) is 38.3 Å². The van der Waals surface area contributed by atoms with Crippen LogP contribution in [-0.2, 0) is 4.79 Å². The first kappa shape index (κ1) is 20.0. The molecule has 2 saturated heterocycles. The molecule has 0 aromatic rings. The average Bonchev–Trinajstić information content (AvgIpc) is 2.69. The number of nitrogens with one attached hydrogen (secondary N) is 2. The number of nitrogens with zero attached hydrogens (tertiary/aromatic N) is 2. The van der Waals surface area contributed by atoms with E-state index in [1.807, 2.05) is 30.6 Å². The molecule has 2 rings (SSSR count). The van der Waals surface area contributed by atoms with Crippen LogP contribution in [0.3, 0.4) is 0 Å². The third-order valence-corrected chi connectivity index (χ3v) is 5.02. The second-order valence-electron chi connectivity index (χ2n) is 9.33. The van der Waals surface area contributed by atoms with Gasteiger partial charge in [0.2, 0.25) is 5.91 Å². The van der Waals surface area contributed by atoms with Crippen molar-refractivity contribution in [1.29, 1.82) is 0 Å². The van der Waals surface area contributed by atoms with Crippen LogP contribution in [0.25, 0.3) is 0 Å². The lowest BCUT2D eigenvalue weighted by molar-refractivity contribution is -0.135. The molecule has 2 aliphatic heterocycles. The molecule has 2 N–H and O–H groups in total. The predicted octanol–water partition coefficient (Wildman–Crippen LogP) is 2.54. The van der Waals surface area contributed by atoms with E-state index in [1.165, 1.54) is 0 Å². The van der Waals surface area contributed by atoms with Crippen LogP contribution in [0, 0.1) is 5.92 Å². The van der Waals surface area contributed by atoms with Crippen LogP contribution in [-0.4, -0.2) is 58.1 Å². The molecule has 1 atom stereocenters. The smallest absolute Gasteiger partial charge is 0.317 e. The molecule has 0 saturated carbocycles. The number of carbonyl (C=O) groups is 2. The van der Waals surface area contributed by atoms with Crippen LogP contribution in [0.2, 0.25) is 0 Å². The minimum Gasteiger partial charge on any atom is -0.333 e. The van der Waals surface area contributed by atoms with Gasteiger partial charge in [0.25, 0.3) is 0 Å². The molecular formula is C19H36N4O2. The van der Waals surface area contributed by atoms with E-state index in [0.717, 1.165) is 19.3 Å². The van der Waals surface area contributed by atoms with Gasteiger partial charge in [-0.15, -0.1) is 0 Å². The number of amides is 3. The highest BCUT2D eigenvalue weighted by atomic mass is 16.2. The second kappa shape index (κ2) is 7.14. The highest BCUT2D eigenvalue weighted by molar-refractivity contribution is 5.85. The number of rotatable bonds is 3. The summed E-state index contributed by atoms with van der Waals surface area (Å²) in [5, 5.41) is 6.68. The standard InChI is InChI=1S/C19H36N4O2/c1-13(2)12-15-16(24)23(14(3)4)19(20-15)8-10-22(11-9-19)17(25)21-18(5,6)7/h13-15,20H,8-12H2,1-7H3,(H,21,25)/t15-/m0/s1. The molecule has 25 heavy (non-hydrogen) atoms. The maximum Gasteiger partial charge on any atom is 0.317 e. The molecule has 2 heterocycles. The van der Waals surface area contributed by atoms with Crippen molar-refractivity contribution in [1.82, 2.24) is 20.4 Å². The van der Waals surface area contributed by atoms with E-state index in [0.29, 0.717) is 19.0 Å². The van der Waals surface area contributed by atoms with Gasteiger partial charge in [-0.3, -0.25) is 10.1 Å². The van der Waals surface area contributed by atoms with Gasteiger partial charge < -0.3 is 15.1 Å². The summed E-state index contributed by atoms with van der Waals surface area (Å²) in [6.45, 7) is 15.8. The number of piperidine rings is 1. The Bertz CT molecular complexity index is 502. The van der Waals surface area contributed by atoms with Crippen molar-refractivity contribution in [2.75, 3.05) is 13.1 Å². The van der Waals surface area contributed by atoms with Gasteiger partial charge in [-0.2, -0.15) is 0 Å². The van der Waals surface area contributed by atoms with Gasteiger partial charge in [0.1, 0.15) is 0 Å². The SMILES string of the molecule is CC(C)C[C@@H]1NC2(CCN(C(=O)NC(C)(C)C)CC2)N(C(C)C)C1=O. The Morgan fingerprint density at radius 1 is 1.24 bits per heavy atom. The number of likely N-dealkylation sites (tertiary alicyclic amines) is 1. The fourth-order valence-corrected chi connectivity index (χ4v) is 4.08. The van der Waals surface area contributed by atoms with Gasteiger partial charge in [0, 0.05) is 37.5 Å². The lowest BCUT2D eigenvalue weighted by Gasteiger charge is -2.46. The van der Waals surface area contributed by atoms with Gasteiger partial charge in [-0.25, -0.2) is 4.79 Å².